The number of amides is 2. The molecule has 0 fully saturated rings. The molecule has 0 radical (unpaired) electrons. The first kappa shape index (κ1) is 29.9. The summed E-state index contributed by atoms with van der Waals surface area (Å²) in [7, 11) is -2.40. The van der Waals surface area contributed by atoms with Crippen LogP contribution >= 0.6 is 11.6 Å². The fraction of sp³-hybridized carbons (Fsp3) is 0.259. The first-order chi connectivity index (χ1) is 18.6. The van der Waals surface area contributed by atoms with Crippen LogP contribution < -0.4 is 14.8 Å². The first-order valence-corrected chi connectivity index (χ1v) is 13.8. The lowest BCUT2D eigenvalue weighted by Gasteiger charge is -2.28. The van der Waals surface area contributed by atoms with Gasteiger partial charge in [0.15, 0.2) is 6.61 Å². The van der Waals surface area contributed by atoms with E-state index in [1.807, 2.05) is 0 Å². The second-order valence-corrected chi connectivity index (χ2v) is 10.6. The van der Waals surface area contributed by atoms with Gasteiger partial charge in [0, 0.05) is 30.9 Å². The third-order valence-corrected chi connectivity index (χ3v) is 7.28. The van der Waals surface area contributed by atoms with Gasteiger partial charge in [-0.15, -0.1) is 0 Å². The van der Waals surface area contributed by atoms with Crippen LogP contribution in [0.3, 0.4) is 0 Å². The minimum Gasteiger partial charge on any atom is -0.484 e. The predicted octanol–water partition coefficient (Wildman–Crippen LogP) is 3.84. The number of nitrogens with zero attached hydrogens (tertiary/aromatic N) is 1. The van der Waals surface area contributed by atoms with E-state index in [1.165, 1.54) is 48.4 Å². The lowest BCUT2D eigenvalue weighted by Crippen LogP contribution is -2.49. The number of nitrogens with one attached hydrogen (secondary N) is 2. The Morgan fingerprint density at radius 2 is 1.64 bits per heavy atom. The summed E-state index contributed by atoms with van der Waals surface area (Å²) < 4.78 is 51.3. The summed E-state index contributed by atoms with van der Waals surface area (Å²) in [6, 6.07) is 16.5. The monoisotopic (exact) mass is 577 g/mol. The zero-order valence-corrected chi connectivity index (χ0v) is 23.0. The number of hydrogen-bond donors (Lipinski definition) is 2. The van der Waals surface area contributed by atoms with E-state index >= 15 is 0 Å². The molecule has 3 rings (SSSR count). The van der Waals surface area contributed by atoms with Gasteiger partial charge < -0.3 is 19.7 Å². The maximum atomic E-state index is 13.2. The van der Waals surface area contributed by atoms with Crippen molar-refractivity contribution in [3.8, 4) is 5.75 Å². The molecule has 2 amide bonds. The highest BCUT2D eigenvalue weighted by Gasteiger charge is 2.26. The molecule has 12 heteroatoms. The molecule has 2 N–H and O–H groups in total. The van der Waals surface area contributed by atoms with Gasteiger partial charge in [0.2, 0.25) is 5.91 Å². The third-order valence-electron chi connectivity index (χ3n) is 5.63. The summed E-state index contributed by atoms with van der Waals surface area (Å²) in [5, 5.41) is 3.27. The molecule has 0 unspecified atom stereocenters. The van der Waals surface area contributed by atoms with Gasteiger partial charge in [-0.2, -0.15) is 0 Å². The number of sulfonamides is 1. The van der Waals surface area contributed by atoms with Crippen molar-refractivity contribution in [2.24, 2.45) is 0 Å². The van der Waals surface area contributed by atoms with Crippen LogP contribution in [0.4, 0.5) is 10.1 Å². The van der Waals surface area contributed by atoms with Crippen molar-refractivity contribution in [3.63, 3.8) is 0 Å². The molecule has 0 bridgehead atoms. The van der Waals surface area contributed by atoms with Crippen LogP contribution in [0.25, 0.3) is 0 Å². The lowest BCUT2D eigenvalue weighted by molar-refractivity contribution is -0.142. The fourth-order valence-electron chi connectivity index (χ4n) is 3.47. The molecule has 39 heavy (non-hydrogen) atoms. The van der Waals surface area contributed by atoms with Crippen LogP contribution in [0.2, 0.25) is 5.02 Å². The van der Waals surface area contributed by atoms with Crippen molar-refractivity contribution in [2.75, 3.05) is 31.6 Å². The number of carbonyl (C=O) groups is 2. The minimum absolute atomic E-state index is 0.0452. The number of benzene rings is 3. The molecule has 0 aliphatic heterocycles. The molecule has 9 nitrogen and oxygen atoms in total. The SMILES string of the molecule is COCCNC(=O)[C@H](C)N(Cc1ccc(Cl)cc1)C(=O)COc1ccc(S(=O)(=O)Nc2ccc(F)cc2)cc1. The van der Waals surface area contributed by atoms with Gasteiger partial charge in [-0.3, -0.25) is 14.3 Å². The number of carbonyl (C=O) groups excluding carboxylic acids is 2. The molecular weight excluding hydrogens is 549 g/mol. The summed E-state index contributed by atoms with van der Waals surface area (Å²) in [4.78, 5) is 27.2. The smallest absolute Gasteiger partial charge is 0.261 e. The normalized spacial score (nSPS) is 11.9. The Morgan fingerprint density at radius 3 is 2.26 bits per heavy atom. The number of ether oxygens (including phenoxy) is 2. The molecule has 0 aromatic heterocycles. The van der Waals surface area contributed by atoms with Crippen molar-refractivity contribution in [1.82, 2.24) is 10.2 Å². The maximum absolute atomic E-state index is 13.2. The fourth-order valence-corrected chi connectivity index (χ4v) is 4.65. The van der Waals surface area contributed by atoms with Crippen molar-refractivity contribution < 1.29 is 31.9 Å². The summed E-state index contributed by atoms with van der Waals surface area (Å²) in [5.41, 5.74) is 0.982. The van der Waals surface area contributed by atoms with Gasteiger partial charge in [-0.05, 0) is 73.2 Å². The molecule has 0 aliphatic rings. The molecule has 0 heterocycles. The van der Waals surface area contributed by atoms with E-state index < -0.39 is 27.8 Å². The number of rotatable bonds is 13. The number of hydrogen-bond acceptors (Lipinski definition) is 6. The second-order valence-electron chi connectivity index (χ2n) is 8.48. The van der Waals surface area contributed by atoms with Crippen LogP contribution in [0.5, 0.6) is 5.75 Å². The summed E-state index contributed by atoms with van der Waals surface area (Å²) in [6.07, 6.45) is 0. The molecule has 0 spiro atoms. The van der Waals surface area contributed by atoms with Crippen LogP contribution in [0.1, 0.15) is 12.5 Å². The maximum Gasteiger partial charge on any atom is 0.261 e. The number of methoxy groups -OCH3 is 1. The summed E-state index contributed by atoms with van der Waals surface area (Å²) >= 11 is 5.97. The Balaban J connectivity index is 1.67. The van der Waals surface area contributed by atoms with Gasteiger partial charge in [-0.1, -0.05) is 23.7 Å². The Morgan fingerprint density at radius 1 is 1.00 bits per heavy atom. The van der Waals surface area contributed by atoms with Crippen LogP contribution in [0, 0.1) is 5.82 Å². The standard InChI is InChI=1S/C27H29ClFN3O6S/c1-19(27(34)30-15-16-37-2)32(17-20-3-5-21(28)6-4-20)26(33)18-38-24-11-13-25(14-12-24)39(35,36)31-23-9-7-22(29)8-10-23/h3-14,19,31H,15-18H2,1-2H3,(H,30,34)/t19-/m0/s1. The number of halogens is 2. The Labute approximate surface area is 231 Å². The van der Waals surface area contributed by atoms with E-state index in [-0.39, 0.29) is 35.4 Å². The molecule has 208 valence electrons. The van der Waals surface area contributed by atoms with Crippen LogP contribution in [-0.2, 0) is 30.9 Å². The molecule has 3 aromatic carbocycles. The molecule has 0 saturated carbocycles. The van der Waals surface area contributed by atoms with Crippen molar-refractivity contribution in [2.45, 2.75) is 24.4 Å². The predicted molar refractivity (Wildman–Crippen MR) is 145 cm³/mol. The minimum atomic E-state index is -3.92. The van der Waals surface area contributed by atoms with E-state index in [0.717, 1.165) is 17.7 Å². The van der Waals surface area contributed by atoms with Crippen molar-refractivity contribution in [3.05, 3.63) is 89.2 Å². The van der Waals surface area contributed by atoms with E-state index in [4.69, 9.17) is 21.1 Å². The average Bonchev–Trinajstić information content (AvgIpc) is 2.92. The Kier molecular flexibility index (Phi) is 10.7. The van der Waals surface area contributed by atoms with Crippen molar-refractivity contribution >= 4 is 39.1 Å². The first-order valence-electron chi connectivity index (χ1n) is 11.9. The second kappa shape index (κ2) is 13.9. The Bertz CT molecular complexity index is 1350. The zero-order valence-electron chi connectivity index (χ0n) is 21.4. The van der Waals surface area contributed by atoms with Gasteiger partial charge in [0.25, 0.3) is 15.9 Å². The molecule has 0 saturated heterocycles. The molecular formula is C27H29ClFN3O6S. The van der Waals surface area contributed by atoms with E-state index in [0.29, 0.717) is 18.2 Å². The van der Waals surface area contributed by atoms with Gasteiger partial charge >= 0.3 is 0 Å². The Hall–Kier alpha value is -3.67. The van der Waals surface area contributed by atoms with E-state index in [1.54, 1.807) is 31.2 Å². The largest absolute Gasteiger partial charge is 0.484 e. The third kappa shape index (κ3) is 8.95. The zero-order chi connectivity index (χ0) is 28.4. The van der Waals surface area contributed by atoms with Crippen LogP contribution in [0.15, 0.2) is 77.7 Å². The van der Waals surface area contributed by atoms with Crippen molar-refractivity contribution in [1.29, 1.82) is 0 Å². The summed E-state index contributed by atoms with van der Waals surface area (Å²) in [6.45, 7) is 2.00. The average molecular weight is 578 g/mol. The highest BCUT2D eigenvalue weighted by atomic mass is 35.5. The molecule has 3 aromatic rings. The lowest BCUT2D eigenvalue weighted by atomic mass is 10.1. The van der Waals surface area contributed by atoms with Gasteiger partial charge in [0.1, 0.15) is 17.6 Å². The highest BCUT2D eigenvalue weighted by molar-refractivity contribution is 7.92. The number of anilines is 1. The summed E-state index contributed by atoms with van der Waals surface area (Å²) in [5.74, 6) is -1.03. The topological polar surface area (TPSA) is 114 Å². The van der Waals surface area contributed by atoms with Crippen LogP contribution in [-0.4, -0.2) is 58.0 Å². The van der Waals surface area contributed by atoms with E-state index in [2.05, 4.69) is 10.0 Å². The highest BCUT2D eigenvalue weighted by Crippen LogP contribution is 2.20. The quantitative estimate of drug-likeness (QED) is 0.298. The van der Waals surface area contributed by atoms with Gasteiger partial charge in [-0.25, -0.2) is 12.8 Å². The van der Waals surface area contributed by atoms with E-state index in [9.17, 15) is 22.4 Å². The molecule has 1 atom stereocenters. The van der Waals surface area contributed by atoms with Gasteiger partial charge in [0.05, 0.1) is 11.5 Å². The molecule has 0 aliphatic carbocycles.